The molecule has 0 heterocycles. The van der Waals surface area contributed by atoms with Crippen LogP contribution in [0.2, 0.25) is 0 Å². The summed E-state index contributed by atoms with van der Waals surface area (Å²) in [6, 6.07) is 6.76. The van der Waals surface area contributed by atoms with Crippen LogP contribution in [0.3, 0.4) is 0 Å². The van der Waals surface area contributed by atoms with E-state index in [1.807, 2.05) is 0 Å². The van der Waals surface area contributed by atoms with E-state index in [9.17, 15) is 9.59 Å². The molecule has 0 bridgehead atoms. The van der Waals surface area contributed by atoms with Gasteiger partial charge in [0.25, 0.3) is 0 Å². The van der Waals surface area contributed by atoms with E-state index in [2.05, 4.69) is 0 Å². The second-order valence-corrected chi connectivity index (χ2v) is 5.59. The summed E-state index contributed by atoms with van der Waals surface area (Å²) in [6.45, 7) is -0.337. The zero-order valence-electron chi connectivity index (χ0n) is 12.5. The zero-order valence-corrected chi connectivity index (χ0v) is 12.5. The van der Waals surface area contributed by atoms with Crippen molar-refractivity contribution in [2.24, 2.45) is 0 Å². The average molecular weight is 306 g/mol. The van der Waals surface area contributed by atoms with Gasteiger partial charge in [0.1, 0.15) is 19.2 Å². The number of aliphatic carboxylic acids is 1. The fourth-order valence-electron chi connectivity index (χ4n) is 2.65. The summed E-state index contributed by atoms with van der Waals surface area (Å²) in [5.74, 6) is -1.38. The van der Waals surface area contributed by atoms with Crippen molar-refractivity contribution in [1.29, 1.82) is 0 Å². The van der Waals surface area contributed by atoms with E-state index in [1.54, 1.807) is 24.3 Å². The number of carbonyl (C=O) groups excluding carboxylic acids is 1. The van der Waals surface area contributed by atoms with Crippen molar-refractivity contribution in [1.82, 2.24) is 0 Å². The molecule has 0 amide bonds. The molecule has 6 nitrogen and oxygen atoms in total. The Labute approximate surface area is 129 Å². The van der Waals surface area contributed by atoms with Crippen molar-refractivity contribution >= 4 is 23.3 Å². The van der Waals surface area contributed by atoms with E-state index >= 15 is 0 Å². The molecule has 1 aromatic rings. The van der Waals surface area contributed by atoms with Gasteiger partial charge >= 0.3 is 11.9 Å². The second-order valence-electron chi connectivity index (χ2n) is 5.59. The molecule has 1 aliphatic carbocycles. The molecule has 1 saturated carbocycles. The number of nitrogens with zero attached hydrogens (tertiary/aromatic N) is 1. The Bertz CT molecular complexity index is 509. The van der Waals surface area contributed by atoms with Crippen LogP contribution in [0.25, 0.3) is 0 Å². The van der Waals surface area contributed by atoms with E-state index < -0.39 is 5.97 Å². The first kappa shape index (κ1) is 16.1. The molecule has 0 unspecified atom stereocenters. The summed E-state index contributed by atoms with van der Waals surface area (Å²) in [6.07, 6.45) is 5.10. The molecule has 0 saturated heterocycles. The molecule has 1 fully saturated rings. The maximum Gasteiger partial charge on any atom is 0.325 e. The van der Waals surface area contributed by atoms with Crippen LogP contribution in [-0.2, 0) is 14.3 Å². The number of esters is 1. The van der Waals surface area contributed by atoms with Gasteiger partial charge in [-0.25, -0.2) is 0 Å². The van der Waals surface area contributed by atoms with Crippen molar-refractivity contribution in [3.05, 3.63) is 24.3 Å². The lowest BCUT2D eigenvalue weighted by Crippen LogP contribution is -2.36. The summed E-state index contributed by atoms with van der Waals surface area (Å²) in [7, 11) is 0. The van der Waals surface area contributed by atoms with Crippen LogP contribution in [-0.4, -0.2) is 36.2 Å². The SMILES string of the molecule is Nc1ccc(N(CC(=O)O)CC(=O)OC2CCCCC2)cc1. The van der Waals surface area contributed by atoms with E-state index in [-0.39, 0.29) is 25.2 Å². The molecule has 1 aliphatic rings. The monoisotopic (exact) mass is 306 g/mol. The Balaban J connectivity index is 1.97. The van der Waals surface area contributed by atoms with Gasteiger partial charge < -0.3 is 20.5 Å². The summed E-state index contributed by atoms with van der Waals surface area (Å²) >= 11 is 0. The van der Waals surface area contributed by atoms with E-state index in [4.69, 9.17) is 15.6 Å². The van der Waals surface area contributed by atoms with Crippen LogP contribution >= 0.6 is 0 Å². The highest BCUT2D eigenvalue weighted by Crippen LogP contribution is 2.21. The summed E-state index contributed by atoms with van der Waals surface area (Å²) < 4.78 is 5.45. The third-order valence-electron chi connectivity index (χ3n) is 3.75. The summed E-state index contributed by atoms with van der Waals surface area (Å²) in [4.78, 5) is 24.5. The minimum atomic E-state index is -0.998. The van der Waals surface area contributed by atoms with Gasteiger partial charge in [0.2, 0.25) is 0 Å². The quantitative estimate of drug-likeness (QED) is 0.617. The lowest BCUT2D eigenvalue weighted by molar-refractivity contribution is -0.148. The normalized spacial score (nSPS) is 15.3. The van der Waals surface area contributed by atoms with E-state index in [0.717, 1.165) is 25.7 Å². The molecule has 22 heavy (non-hydrogen) atoms. The lowest BCUT2D eigenvalue weighted by atomic mass is 9.98. The number of carbonyl (C=O) groups is 2. The Kier molecular flexibility index (Phi) is 5.63. The maximum absolute atomic E-state index is 12.1. The molecular weight excluding hydrogens is 284 g/mol. The third-order valence-corrected chi connectivity index (χ3v) is 3.75. The number of nitrogens with two attached hydrogens (primary N) is 1. The number of nitrogen functional groups attached to an aromatic ring is 1. The van der Waals surface area contributed by atoms with Crippen LogP contribution in [0.15, 0.2) is 24.3 Å². The summed E-state index contributed by atoms with van der Waals surface area (Å²) in [5.41, 5.74) is 6.85. The van der Waals surface area contributed by atoms with Gasteiger partial charge in [0, 0.05) is 11.4 Å². The number of hydrogen-bond donors (Lipinski definition) is 2. The highest BCUT2D eigenvalue weighted by Gasteiger charge is 2.21. The summed E-state index contributed by atoms with van der Waals surface area (Å²) in [5, 5.41) is 9.02. The number of carboxylic acids is 1. The molecule has 2 rings (SSSR count). The molecule has 0 aromatic heterocycles. The largest absolute Gasteiger partial charge is 0.480 e. The van der Waals surface area contributed by atoms with Gasteiger partial charge in [-0.1, -0.05) is 6.42 Å². The van der Waals surface area contributed by atoms with E-state index in [1.165, 1.54) is 11.3 Å². The topological polar surface area (TPSA) is 92.9 Å². The zero-order chi connectivity index (χ0) is 15.9. The van der Waals surface area contributed by atoms with E-state index in [0.29, 0.717) is 11.4 Å². The maximum atomic E-state index is 12.1. The smallest absolute Gasteiger partial charge is 0.325 e. The Morgan fingerprint density at radius 2 is 1.77 bits per heavy atom. The highest BCUT2D eigenvalue weighted by molar-refractivity contribution is 5.80. The molecule has 3 N–H and O–H groups in total. The lowest BCUT2D eigenvalue weighted by Gasteiger charge is -2.25. The van der Waals surface area contributed by atoms with Gasteiger partial charge in [-0.05, 0) is 49.9 Å². The van der Waals surface area contributed by atoms with Gasteiger partial charge in [0.05, 0.1) is 0 Å². The number of anilines is 2. The molecule has 0 radical (unpaired) electrons. The molecular formula is C16H22N2O4. The van der Waals surface area contributed by atoms with Crippen LogP contribution in [0.1, 0.15) is 32.1 Å². The predicted molar refractivity (Wildman–Crippen MR) is 83.7 cm³/mol. The minimum Gasteiger partial charge on any atom is -0.480 e. The minimum absolute atomic E-state index is 0.0284. The first-order chi connectivity index (χ1) is 10.5. The Morgan fingerprint density at radius 1 is 1.14 bits per heavy atom. The highest BCUT2D eigenvalue weighted by atomic mass is 16.5. The van der Waals surface area contributed by atoms with Crippen LogP contribution in [0, 0.1) is 0 Å². The fourth-order valence-corrected chi connectivity index (χ4v) is 2.65. The number of ether oxygens (including phenoxy) is 1. The van der Waals surface area contributed by atoms with Gasteiger partial charge in [-0.15, -0.1) is 0 Å². The molecule has 120 valence electrons. The number of hydrogen-bond acceptors (Lipinski definition) is 5. The van der Waals surface area contributed by atoms with Crippen LogP contribution in [0.4, 0.5) is 11.4 Å². The van der Waals surface area contributed by atoms with Gasteiger partial charge in [-0.2, -0.15) is 0 Å². The van der Waals surface area contributed by atoms with Crippen molar-refractivity contribution in [2.45, 2.75) is 38.2 Å². The number of benzene rings is 1. The van der Waals surface area contributed by atoms with Gasteiger partial charge in [-0.3, -0.25) is 9.59 Å². The molecule has 0 atom stereocenters. The van der Waals surface area contributed by atoms with Crippen molar-refractivity contribution in [3.63, 3.8) is 0 Å². The number of carboxylic acid groups (broad SMARTS) is 1. The van der Waals surface area contributed by atoms with Crippen LogP contribution < -0.4 is 10.6 Å². The van der Waals surface area contributed by atoms with Crippen molar-refractivity contribution in [3.8, 4) is 0 Å². The molecule has 0 aliphatic heterocycles. The standard InChI is InChI=1S/C16H22N2O4/c17-12-6-8-13(9-7-12)18(10-15(19)20)11-16(21)22-14-4-2-1-3-5-14/h6-9,14H,1-5,10-11,17H2,(H,19,20). The Morgan fingerprint density at radius 3 is 2.36 bits per heavy atom. The predicted octanol–water partition coefficient (Wildman–Crippen LogP) is 2.04. The molecule has 1 aromatic carbocycles. The van der Waals surface area contributed by atoms with Gasteiger partial charge in [0.15, 0.2) is 0 Å². The van der Waals surface area contributed by atoms with Crippen molar-refractivity contribution in [2.75, 3.05) is 23.7 Å². The fraction of sp³-hybridized carbons (Fsp3) is 0.500. The third kappa shape index (κ3) is 4.95. The Hall–Kier alpha value is -2.24. The average Bonchev–Trinajstić information content (AvgIpc) is 2.48. The van der Waals surface area contributed by atoms with Crippen molar-refractivity contribution < 1.29 is 19.4 Å². The number of rotatable bonds is 6. The first-order valence-electron chi connectivity index (χ1n) is 7.56. The molecule has 6 heteroatoms. The second kappa shape index (κ2) is 7.68. The van der Waals surface area contributed by atoms with Crippen LogP contribution in [0.5, 0.6) is 0 Å². The first-order valence-corrected chi connectivity index (χ1v) is 7.56. The molecule has 0 spiro atoms.